The molecule has 0 saturated carbocycles. The average Bonchev–Trinajstić information content (AvgIpc) is 3.40. The molecule has 1 N–H and O–H groups in total. The van der Waals surface area contributed by atoms with E-state index < -0.39 is 29.0 Å². The van der Waals surface area contributed by atoms with E-state index in [9.17, 15) is 22.8 Å². The Morgan fingerprint density at radius 2 is 1.87 bits per heavy atom. The van der Waals surface area contributed by atoms with Gasteiger partial charge in [0.1, 0.15) is 5.15 Å². The molecule has 0 saturated heterocycles. The van der Waals surface area contributed by atoms with Gasteiger partial charge in [0.15, 0.2) is 17.1 Å². The second-order valence-corrected chi connectivity index (χ2v) is 6.93. The first-order valence-corrected chi connectivity index (χ1v) is 9.31. The van der Waals surface area contributed by atoms with Gasteiger partial charge in [-0.1, -0.05) is 41.9 Å². The van der Waals surface area contributed by atoms with Crippen molar-refractivity contribution in [2.75, 3.05) is 6.54 Å². The van der Waals surface area contributed by atoms with E-state index in [2.05, 4.69) is 10.3 Å². The molecule has 1 amide bonds. The molecular weight excluding hydrogens is 435 g/mol. The van der Waals surface area contributed by atoms with Gasteiger partial charge in [-0.05, 0) is 12.1 Å². The third-order valence-electron chi connectivity index (χ3n) is 4.54. The fraction of sp³-hybridized carbons (Fsp3) is 0.0952. The van der Waals surface area contributed by atoms with Crippen LogP contribution in [0.4, 0.5) is 13.2 Å². The predicted molar refractivity (Wildman–Crippen MR) is 106 cm³/mol. The van der Waals surface area contributed by atoms with Crippen molar-refractivity contribution in [3.63, 3.8) is 0 Å². The Bertz CT molecular complexity index is 1270. The van der Waals surface area contributed by atoms with E-state index in [-0.39, 0.29) is 23.0 Å². The first-order valence-electron chi connectivity index (χ1n) is 8.93. The molecule has 1 aromatic carbocycles. The standard InChI is InChI=1S/C21H13ClF3N3O3/c22-18-17(20(30)26-9-16(29)12-4-2-1-3-5-12)27-19-15(21(23,24)25)8-14(10-28(18)19)13-6-7-31-11-13/h1-8,10-11H,9H2,(H,26,30). The van der Waals surface area contributed by atoms with Crippen molar-refractivity contribution in [3.8, 4) is 11.1 Å². The van der Waals surface area contributed by atoms with Crippen LogP contribution in [0.15, 0.2) is 65.6 Å². The summed E-state index contributed by atoms with van der Waals surface area (Å²) in [5.74, 6) is -1.23. The summed E-state index contributed by atoms with van der Waals surface area (Å²) in [6.07, 6.45) is -0.802. The van der Waals surface area contributed by atoms with Crippen molar-refractivity contribution in [1.82, 2.24) is 14.7 Å². The van der Waals surface area contributed by atoms with Crippen molar-refractivity contribution in [1.29, 1.82) is 0 Å². The number of hydrogen-bond acceptors (Lipinski definition) is 4. The smallest absolute Gasteiger partial charge is 0.420 e. The number of Topliss-reactive ketones (excluding diaryl/α,β-unsaturated/α-hetero) is 1. The number of halogens is 4. The summed E-state index contributed by atoms with van der Waals surface area (Å²) < 4.78 is 46.9. The van der Waals surface area contributed by atoms with E-state index in [1.807, 2.05) is 0 Å². The first-order chi connectivity index (χ1) is 14.8. The number of furan rings is 1. The van der Waals surface area contributed by atoms with Crippen LogP contribution in [-0.2, 0) is 6.18 Å². The molecule has 0 radical (unpaired) electrons. The summed E-state index contributed by atoms with van der Waals surface area (Å²) in [4.78, 5) is 28.5. The molecule has 4 rings (SSSR count). The molecule has 158 valence electrons. The molecule has 3 aromatic heterocycles. The van der Waals surface area contributed by atoms with Crippen molar-refractivity contribution < 1.29 is 27.2 Å². The molecule has 0 unspecified atom stereocenters. The lowest BCUT2D eigenvalue weighted by Crippen LogP contribution is -2.30. The highest BCUT2D eigenvalue weighted by Crippen LogP contribution is 2.37. The number of hydrogen-bond donors (Lipinski definition) is 1. The highest BCUT2D eigenvalue weighted by Gasteiger charge is 2.36. The van der Waals surface area contributed by atoms with Gasteiger partial charge >= 0.3 is 6.18 Å². The maximum absolute atomic E-state index is 13.7. The van der Waals surface area contributed by atoms with E-state index in [0.29, 0.717) is 11.1 Å². The molecule has 3 heterocycles. The Hall–Kier alpha value is -3.59. The van der Waals surface area contributed by atoms with Gasteiger partial charge in [0.05, 0.1) is 24.6 Å². The Labute approximate surface area is 178 Å². The van der Waals surface area contributed by atoms with Crippen molar-refractivity contribution in [3.05, 3.63) is 83.2 Å². The molecule has 6 nitrogen and oxygen atoms in total. The van der Waals surface area contributed by atoms with Crippen LogP contribution in [0.5, 0.6) is 0 Å². The molecule has 0 aliphatic rings. The number of pyridine rings is 1. The number of nitrogens with one attached hydrogen (secondary N) is 1. The van der Waals surface area contributed by atoms with Gasteiger partial charge in [0, 0.05) is 22.9 Å². The summed E-state index contributed by atoms with van der Waals surface area (Å²) in [7, 11) is 0. The van der Waals surface area contributed by atoms with Crippen LogP contribution < -0.4 is 5.32 Å². The maximum atomic E-state index is 13.7. The van der Waals surface area contributed by atoms with Crippen LogP contribution in [0.2, 0.25) is 5.15 Å². The molecule has 0 fully saturated rings. The number of imidazole rings is 1. The quantitative estimate of drug-likeness (QED) is 0.442. The molecule has 0 atom stereocenters. The molecular formula is C21H13ClF3N3O3. The Morgan fingerprint density at radius 1 is 1.13 bits per heavy atom. The van der Waals surface area contributed by atoms with Crippen LogP contribution in [-0.4, -0.2) is 27.6 Å². The third-order valence-corrected chi connectivity index (χ3v) is 4.90. The summed E-state index contributed by atoms with van der Waals surface area (Å²) in [6, 6.07) is 10.6. The third kappa shape index (κ3) is 4.04. The molecule has 0 aliphatic heterocycles. The van der Waals surface area contributed by atoms with Crippen LogP contribution in [0.3, 0.4) is 0 Å². The number of amides is 1. The number of nitrogens with zero attached hydrogens (tertiary/aromatic N) is 2. The van der Waals surface area contributed by atoms with Gasteiger partial charge in [-0.25, -0.2) is 4.98 Å². The highest BCUT2D eigenvalue weighted by molar-refractivity contribution is 6.33. The number of carbonyl (C=O) groups excluding carboxylic acids is 2. The first kappa shape index (κ1) is 20.7. The van der Waals surface area contributed by atoms with Gasteiger partial charge in [0.2, 0.25) is 0 Å². The Balaban J connectivity index is 1.69. The maximum Gasteiger partial charge on any atom is 0.420 e. The van der Waals surface area contributed by atoms with E-state index in [1.165, 1.54) is 24.8 Å². The second kappa shape index (κ2) is 7.92. The minimum Gasteiger partial charge on any atom is -0.472 e. The fourth-order valence-electron chi connectivity index (χ4n) is 3.03. The number of rotatable bonds is 5. The van der Waals surface area contributed by atoms with E-state index in [0.717, 1.165) is 10.5 Å². The number of fused-ring (bicyclic) bond motifs is 1. The topological polar surface area (TPSA) is 76.6 Å². The zero-order valence-electron chi connectivity index (χ0n) is 15.6. The number of carbonyl (C=O) groups is 2. The van der Waals surface area contributed by atoms with Crippen molar-refractivity contribution in [2.24, 2.45) is 0 Å². The lowest BCUT2D eigenvalue weighted by molar-refractivity contribution is -0.136. The zero-order valence-corrected chi connectivity index (χ0v) is 16.4. The summed E-state index contributed by atoms with van der Waals surface area (Å²) >= 11 is 6.20. The zero-order chi connectivity index (χ0) is 22.2. The molecule has 31 heavy (non-hydrogen) atoms. The van der Waals surface area contributed by atoms with E-state index in [1.54, 1.807) is 30.3 Å². The monoisotopic (exact) mass is 447 g/mol. The summed E-state index contributed by atoms with van der Waals surface area (Å²) in [6.45, 7) is -0.362. The number of ketones is 1. The largest absolute Gasteiger partial charge is 0.472 e. The van der Waals surface area contributed by atoms with Crippen molar-refractivity contribution >= 4 is 28.9 Å². The van der Waals surface area contributed by atoms with Crippen LogP contribution >= 0.6 is 11.6 Å². The van der Waals surface area contributed by atoms with Crippen LogP contribution in [0, 0.1) is 0 Å². The fourth-order valence-corrected chi connectivity index (χ4v) is 3.28. The second-order valence-electron chi connectivity index (χ2n) is 6.57. The normalized spacial score (nSPS) is 11.6. The lowest BCUT2D eigenvalue weighted by atomic mass is 10.1. The Morgan fingerprint density at radius 3 is 2.52 bits per heavy atom. The molecule has 0 aliphatic carbocycles. The lowest BCUT2D eigenvalue weighted by Gasteiger charge is -2.10. The minimum absolute atomic E-state index is 0.180. The number of benzene rings is 1. The number of aromatic nitrogens is 2. The molecule has 10 heteroatoms. The molecule has 0 spiro atoms. The van der Waals surface area contributed by atoms with Gasteiger partial charge in [-0.15, -0.1) is 0 Å². The van der Waals surface area contributed by atoms with E-state index >= 15 is 0 Å². The van der Waals surface area contributed by atoms with Gasteiger partial charge < -0.3 is 9.73 Å². The molecule has 0 bridgehead atoms. The van der Waals surface area contributed by atoms with Gasteiger partial charge in [0.25, 0.3) is 5.91 Å². The highest BCUT2D eigenvalue weighted by atomic mass is 35.5. The van der Waals surface area contributed by atoms with Gasteiger partial charge in [-0.3, -0.25) is 14.0 Å². The van der Waals surface area contributed by atoms with Crippen LogP contribution in [0.1, 0.15) is 26.4 Å². The minimum atomic E-state index is -4.74. The Kier molecular flexibility index (Phi) is 5.28. The summed E-state index contributed by atoms with van der Waals surface area (Å²) in [5.41, 5.74) is -1.04. The number of alkyl halides is 3. The summed E-state index contributed by atoms with van der Waals surface area (Å²) in [5, 5.41) is 2.04. The average molecular weight is 448 g/mol. The van der Waals surface area contributed by atoms with Crippen molar-refractivity contribution in [2.45, 2.75) is 6.18 Å². The van der Waals surface area contributed by atoms with E-state index in [4.69, 9.17) is 16.0 Å². The predicted octanol–water partition coefficient (Wildman–Crippen LogP) is 4.88. The molecule has 4 aromatic rings. The van der Waals surface area contributed by atoms with Crippen LogP contribution in [0.25, 0.3) is 16.8 Å². The van der Waals surface area contributed by atoms with Gasteiger partial charge in [-0.2, -0.15) is 13.2 Å². The SMILES string of the molecule is O=C(CNC(=O)c1nc2c(C(F)(F)F)cc(-c3ccoc3)cn2c1Cl)c1ccccc1.